The number of piperazine rings is 1. The molecule has 2 amide bonds. The molecule has 2 aromatic carbocycles. The van der Waals surface area contributed by atoms with Gasteiger partial charge in [-0.1, -0.05) is 25.0 Å². The second-order valence-electron chi connectivity index (χ2n) is 8.29. The number of hydrogen-bond donors (Lipinski definition) is 2. The number of amides is 2. The molecule has 6 nitrogen and oxygen atoms in total. The molecule has 0 aromatic heterocycles. The molecule has 31 heavy (non-hydrogen) atoms. The van der Waals surface area contributed by atoms with E-state index in [1.807, 2.05) is 12.1 Å². The van der Waals surface area contributed by atoms with Crippen LogP contribution in [0.2, 0.25) is 0 Å². The summed E-state index contributed by atoms with van der Waals surface area (Å²) in [5.74, 6) is -0.497. The fourth-order valence-corrected chi connectivity index (χ4v) is 4.33. The minimum absolute atomic E-state index is 0.128. The third-order valence-electron chi connectivity index (χ3n) is 6.07. The number of benzene rings is 2. The zero-order chi connectivity index (χ0) is 21.6. The Labute approximate surface area is 182 Å². The highest BCUT2D eigenvalue weighted by Gasteiger charge is 2.22. The summed E-state index contributed by atoms with van der Waals surface area (Å²) >= 11 is 0. The molecule has 1 aliphatic heterocycles. The molecule has 0 unspecified atom stereocenters. The van der Waals surface area contributed by atoms with Crippen LogP contribution in [0.4, 0.5) is 15.8 Å². The van der Waals surface area contributed by atoms with Crippen molar-refractivity contribution in [1.82, 2.24) is 10.2 Å². The van der Waals surface area contributed by atoms with Gasteiger partial charge in [-0.3, -0.25) is 14.5 Å². The van der Waals surface area contributed by atoms with Gasteiger partial charge in [-0.15, -0.1) is 0 Å². The van der Waals surface area contributed by atoms with Crippen LogP contribution >= 0.6 is 0 Å². The van der Waals surface area contributed by atoms with Gasteiger partial charge < -0.3 is 15.5 Å². The Hall–Kier alpha value is -2.93. The van der Waals surface area contributed by atoms with Gasteiger partial charge in [0.2, 0.25) is 5.91 Å². The Balaban J connectivity index is 1.29. The van der Waals surface area contributed by atoms with Crippen molar-refractivity contribution in [2.45, 2.75) is 31.7 Å². The first-order chi connectivity index (χ1) is 15.1. The van der Waals surface area contributed by atoms with Crippen molar-refractivity contribution in [1.29, 1.82) is 0 Å². The molecule has 2 aliphatic rings. The van der Waals surface area contributed by atoms with Crippen LogP contribution < -0.4 is 15.5 Å². The van der Waals surface area contributed by atoms with Crippen LogP contribution in [0.15, 0.2) is 48.5 Å². The molecule has 2 fully saturated rings. The third kappa shape index (κ3) is 5.61. The van der Waals surface area contributed by atoms with E-state index in [1.54, 1.807) is 24.3 Å². The number of anilines is 2. The molecule has 0 spiro atoms. The highest BCUT2D eigenvalue weighted by molar-refractivity contribution is 6.04. The van der Waals surface area contributed by atoms with Gasteiger partial charge in [-0.05, 0) is 49.2 Å². The molecule has 7 heteroatoms. The topological polar surface area (TPSA) is 64.7 Å². The maximum atomic E-state index is 13.1. The van der Waals surface area contributed by atoms with Crippen molar-refractivity contribution in [3.8, 4) is 0 Å². The van der Waals surface area contributed by atoms with E-state index in [0.717, 1.165) is 57.5 Å². The van der Waals surface area contributed by atoms with E-state index >= 15 is 0 Å². The third-order valence-corrected chi connectivity index (χ3v) is 6.07. The summed E-state index contributed by atoms with van der Waals surface area (Å²) in [4.78, 5) is 29.6. The van der Waals surface area contributed by atoms with E-state index in [0.29, 0.717) is 11.3 Å². The lowest BCUT2D eigenvalue weighted by Crippen LogP contribution is -2.48. The van der Waals surface area contributed by atoms with Crippen molar-refractivity contribution in [2.75, 3.05) is 42.9 Å². The van der Waals surface area contributed by atoms with Gasteiger partial charge in [0.25, 0.3) is 5.91 Å². The Kier molecular flexibility index (Phi) is 6.82. The highest BCUT2D eigenvalue weighted by Crippen LogP contribution is 2.21. The van der Waals surface area contributed by atoms with Crippen LogP contribution in [0.5, 0.6) is 0 Å². The van der Waals surface area contributed by atoms with Gasteiger partial charge in [0.15, 0.2) is 0 Å². The number of nitrogens with one attached hydrogen (secondary N) is 2. The van der Waals surface area contributed by atoms with Crippen molar-refractivity contribution in [2.24, 2.45) is 0 Å². The molecule has 2 N–H and O–H groups in total. The zero-order valence-electron chi connectivity index (χ0n) is 17.6. The molecular formula is C24H29FN4O2. The molecule has 4 rings (SSSR count). The maximum absolute atomic E-state index is 13.1. The summed E-state index contributed by atoms with van der Waals surface area (Å²) in [5.41, 5.74) is 2.05. The Bertz CT molecular complexity index is 904. The summed E-state index contributed by atoms with van der Waals surface area (Å²) < 4.78 is 13.1. The van der Waals surface area contributed by atoms with E-state index in [-0.39, 0.29) is 30.2 Å². The fourth-order valence-electron chi connectivity index (χ4n) is 4.33. The maximum Gasteiger partial charge on any atom is 0.253 e. The minimum atomic E-state index is -0.240. The lowest BCUT2D eigenvalue weighted by molar-refractivity contribution is -0.117. The Morgan fingerprint density at radius 2 is 1.61 bits per heavy atom. The molecule has 0 atom stereocenters. The second kappa shape index (κ2) is 9.92. The van der Waals surface area contributed by atoms with E-state index in [2.05, 4.69) is 20.4 Å². The van der Waals surface area contributed by atoms with Crippen LogP contribution in [-0.2, 0) is 4.79 Å². The number of hydrogen-bond acceptors (Lipinski definition) is 4. The van der Waals surface area contributed by atoms with E-state index in [9.17, 15) is 14.0 Å². The summed E-state index contributed by atoms with van der Waals surface area (Å²) in [6.45, 7) is 3.32. The van der Waals surface area contributed by atoms with Gasteiger partial charge in [0.1, 0.15) is 5.82 Å². The average molecular weight is 425 g/mol. The fraction of sp³-hybridized carbons (Fsp3) is 0.417. The first kappa shape index (κ1) is 21.3. The number of carbonyl (C=O) groups is 2. The molecule has 0 radical (unpaired) electrons. The van der Waals surface area contributed by atoms with Crippen LogP contribution in [0, 0.1) is 5.82 Å². The minimum Gasteiger partial charge on any atom is -0.369 e. The number of carbonyl (C=O) groups excluding carboxylic acids is 2. The van der Waals surface area contributed by atoms with Crippen LogP contribution in [0.25, 0.3) is 0 Å². The van der Waals surface area contributed by atoms with Crippen molar-refractivity contribution in [3.05, 3.63) is 59.9 Å². The van der Waals surface area contributed by atoms with Crippen molar-refractivity contribution >= 4 is 23.2 Å². The molecule has 2 aromatic rings. The highest BCUT2D eigenvalue weighted by atomic mass is 19.1. The number of halogens is 1. The van der Waals surface area contributed by atoms with Crippen molar-refractivity contribution in [3.63, 3.8) is 0 Å². The molecular weight excluding hydrogens is 395 g/mol. The molecule has 0 bridgehead atoms. The van der Waals surface area contributed by atoms with Crippen LogP contribution in [-0.4, -0.2) is 55.5 Å². The predicted octanol–water partition coefficient (Wildman–Crippen LogP) is 3.26. The molecule has 1 aliphatic carbocycles. The van der Waals surface area contributed by atoms with Gasteiger partial charge in [0, 0.05) is 37.9 Å². The smallest absolute Gasteiger partial charge is 0.253 e. The monoisotopic (exact) mass is 424 g/mol. The molecule has 1 heterocycles. The van der Waals surface area contributed by atoms with Gasteiger partial charge >= 0.3 is 0 Å². The molecule has 1 saturated heterocycles. The van der Waals surface area contributed by atoms with Gasteiger partial charge in [-0.2, -0.15) is 0 Å². The summed E-state index contributed by atoms with van der Waals surface area (Å²) in [7, 11) is 0. The normalized spacial score (nSPS) is 17.5. The lowest BCUT2D eigenvalue weighted by Gasteiger charge is -2.35. The lowest BCUT2D eigenvalue weighted by atomic mass is 10.1. The molecule has 1 saturated carbocycles. The Morgan fingerprint density at radius 3 is 2.32 bits per heavy atom. The first-order valence-corrected chi connectivity index (χ1v) is 11.0. The summed E-state index contributed by atoms with van der Waals surface area (Å²) in [6, 6.07) is 13.9. The van der Waals surface area contributed by atoms with E-state index < -0.39 is 0 Å². The predicted molar refractivity (Wildman–Crippen MR) is 120 cm³/mol. The largest absolute Gasteiger partial charge is 0.369 e. The quantitative estimate of drug-likeness (QED) is 0.747. The van der Waals surface area contributed by atoms with E-state index in [1.165, 1.54) is 12.1 Å². The number of para-hydroxylation sites is 1. The standard InChI is InChI=1S/C24H29FN4O2/c25-18-9-11-20(12-10-18)29-15-13-28(14-16-29)17-23(30)27-22-8-4-3-7-21(22)24(31)26-19-5-1-2-6-19/h3-4,7-12,19H,1-2,5-6,13-17H2,(H,26,31)(H,27,30). The second-order valence-corrected chi connectivity index (χ2v) is 8.29. The number of rotatable bonds is 6. The molecule has 164 valence electrons. The van der Waals surface area contributed by atoms with Crippen LogP contribution in [0.3, 0.4) is 0 Å². The Morgan fingerprint density at radius 1 is 0.935 bits per heavy atom. The van der Waals surface area contributed by atoms with E-state index in [4.69, 9.17) is 0 Å². The SMILES string of the molecule is O=C(CN1CCN(c2ccc(F)cc2)CC1)Nc1ccccc1C(=O)NC1CCCC1. The zero-order valence-corrected chi connectivity index (χ0v) is 17.6. The van der Waals surface area contributed by atoms with Gasteiger partial charge in [-0.25, -0.2) is 4.39 Å². The van der Waals surface area contributed by atoms with Crippen molar-refractivity contribution < 1.29 is 14.0 Å². The first-order valence-electron chi connectivity index (χ1n) is 11.0. The summed E-state index contributed by atoms with van der Waals surface area (Å²) in [6.07, 6.45) is 4.34. The average Bonchev–Trinajstić information content (AvgIpc) is 3.28. The number of nitrogens with zero attached hydrogens (tertiary/aromatic N) is 2. The van der Waals surface area contributed by atoms with Gasteiger partial charge in [0.05, 0.1) is 17.8 Å². The van der Waals surface area contributed by atoms with Crippen LogP contribution in [0.1, 0.15) is 36.0 Å². The summed E-state index contributed by atoms with van der Waals surface area (Å²) in [5, 5.41) is 6.00.